The van der Waals surface area contributed by atoms with Gasteiger partial charge in [-0.15, -0.1) is 0 Å². The normalized spacial score (nSPS) is 30.1. The topological polar surface area (TPSA) is 91.0 Å². The molecule has 6 atom stereocenters. The van der Waals surface area contributed by atoms with Gasteiger partial charge in [-0.2, -0.15) is 0 Å². The molecule has 10 heteroatoms. The minimum absolute atomic E-state index is 0.109. The van der Waals surface area contributed by atoms with Gasteiger partial charge < -0.3 is 19.9 Å². The molecule has 0 aromatic heterocycles. The van der Waals surface area contributed by atoms with Gasteiger partial charge in [0.2, 0.25) is 10.0 Å². The molecule has 51 heavy (non-hydrogen) atoms. The molecule has 4 aliphatic rings. The van der Waals surface area contributed by atoms with Crippen LogP contribution in [0.3, 0.4) is 0 Å². The van der Waals surface area contributed by atoms with E-state index in [2.05, 4.69) is 51.0 Å². The Labute approximate surface area is 311 Å². The molecule has 3 heterocycles. The maximum absolute atomic E-state index is 13.5. The van der Waals surface area contributed by atoms with Crippen molar-refractivity contribution in [3.05, 3.63) is 70.3 Å². The van der Waals surface area contributed by atoms with Crippen molar-refractivity contribution in [2.45, 2.75) is 89.7 Å². The zero-order chi connectivity index (χ0) is 36.0. The highest BCUT2D eigenvalue weighted by atomic mass is 35.5. The number of halogens is 1. The molecule has 2 bridgehead atoms. The van der Waals surface area contributed by atoms with Gasteiger partial charge in [0, 0.05) is 49.2 Å². The fourth-order valence-electron chi connectivity index (χ4n) is 8.60. The second kappa shape index (κ2) is 17.5. The predicted molar refractivity (Wildman–Crippen MR) is 209 cm³/mol. The summed E-state index contributed by atoms with van der Waals surface area (Å²) in [4.78, 5) is 18.6. The number of hydrogen-bond donors (Lipinski definition) is 2. The van der Waals surface area contributed by atoms with E-state index >= 15 is 0 Å². The van der Waals surface area contributed by atoms with E-state index in [-0.39, 0.29) is 11.8 Å². The molecule has 2 aromatic carbocycles. The van der Waals surface area contributed by atoms with Crippen LogP contribution in [0.25, 0.3) is 0 Å². The lowest BCUT2D eigenvalue weighted by atomic mass is 9.66. The van der Waals surface area contributed by atoms with E-state index < -0.39 is 21.2 Å². The molecular formula is C41H59ClN4O4S. The van der Waals surface area contributed by atoms with Crippen molar-refractivity contribution in [2.75, 3.05) is 57.3 Å². The number of hydrogen-bond acceptors (Lipinski definition) is 7. The molecule has 3 aliphatic heterocycles. The largest absolute Gasteiger partial charge is 0.491 e. The van der Waals surface area contributed by atoms with Gasteiger partial charge in [0.1, 0.15) is 5.75 Å². The standard InChI is InChI=1S/C41H59ClN4O4S/c1-4-10-31-23-36(42)15-17-37(31)35-27-46-26-34-13-16-38(34)33(25-45-21-8-6-5-7-19-43-20-22-45)12-9-11-29(2)30(3)51(48,49)44-41(47)32-14-18-40(50-28-35)39(46)24-32/h9,12,14-15,17-18,23-24,29-30,33-35,38,43H,4-8,10-11,13,16,19-22,25-28H2,1-3H3,(H,44,47)/b12-9+/t29-,30+,33?,34-,35-,38-/m0/s1. The predicted octanol–water partition coefficient (Wildman–Crippen LogP) is 7.43. The van der Waals surface area contributed by atoms with Crippen LogP contribution in [-0.2, 0) is 16.4 Å². The minimum Gasteiger partial charge on any atom is -0.491 e. The van der Waals surface area contributed by atoms with Crippen LogP contribution in [0.5, 0.6) is 5.75 Å². The Morgan fingerprint density at radius 1 is 0.980 bits per heavy atom. The van der Waals surface area contributed by atoms with Crippen LogP contribution in [0.1, 0.15) is 99.5 Å². The van der Waals surface area contributed by atoms with Crippen molar-refractivity contribution in [1.82, 2.24) is 14.9 Å². The Hall–Kier alpha value is -2.59. The molecule has 280 valence electrons. The average molecular weight is 739 g/mol. The summed E-state index contributed by atoms with van der Waals surface area (Å²) in [5.41, 5.74) is 3.71. The smallest absolute Gasteiger partial charge is 0.264 e. The van der Waals surface area contributed by atoms with E-state index in [0.717, 1.165) is 75.1 Å². The molecule has 1 saturated carbocycles. The number of allylic oxidation sites excluding steroid dienone is 1. The minimum atomic E-state index is -3.90. The number of anilines is 1. The maximum atomic E-state index is 13.5. The maximum Gasteiger partial charge on any atom is 0.264 e. The lowest BCUT2D eigenvalue weighted by molar-refractivity contribution is 0.0980. The van der Waals surface area contributed by atoms with Gasteiger partial charge >= 0.3 is 0 Å². The molecule has 1 amide bonds. The molecule has 2 fully saturated rings. The molecule has 6 rings (SSSR count). The molecule has 2 N–H and O–H groups in total. The number of benzene rings is 2. The fraction of sp³-hybridized carbons (Fsp3) is 0.634. The number of aryl methyl sites for hydroxylation is 1. The molecule has 8 nitrogen and oxygen atoms in total. The van der Waals surface area contributed by atoms with E-state index in [0.29, 0.717) is 36.3 Å². The van der Waals surface area contributed by atoms with Gasteiger partial charge in [-0.1, -0.05) is 62.9 Å². The Bertz CT molecular complexity index is 1620. The molecular weight excluding hydrogens is 680 g/mol. The highest BCUT2D eigenvalue weighted by Gasteiger charge is 2.39. The van der Waals surface area contributed by atoms with E-state index in [1.807, 2.05) is 25.1 Å². The molecule has 1 unspecified atom stereocenters. The first-order chi connectivity index (χ1) is 24.6. The van der Waals surface area contributed by atoms with E-state index in [1.165, 1.54) is 49.7 Å². The molecule has 0 spiro atoms. The highest BCUT2D eigenvalue weighted by Crippen LogP contribution is 2.44. The first-order valence-corrected chi connectivity index (χ1v) is 21.5. The van der Waals surface area contributed by atoms with E-state index in [1.54, 1.807) is 13.0 Å². The van der Waals surface area contributed by atoms with Crippen LogP contribution in [-0.4, -0.2) is 76.9 Å². The van der Waals surface area contributed by atoms with Gasteiger partial charge in [0.25, 0.3) is 5.91 Å². The quantitative estimate of drug-likeness (QED) is 0.309. The number of ether oxygens (including phenoxy) is 1. The van der Waals surface area contributed by atoms with Crippen LogP contribution in [0.2, 0.25) is 5.02 Å². The Kier molecular flexibility index (Phi) is 13.1. The van der Waals surface area contributed by atoms with Crippen molar-refractivity contribution in [3.8, 4) is 5.75 Å². The first kappa shape index (κ1) is 38.1. The summed E-state index contributed by atoms with van der Waals surface area (Å²) in [6.45, 7) is 13.3. The molecule has 2 aromatic rings. The van der Waals surface area contributed by atoms with Crippen LogP contribution >= 0.6 is 11.6 Å². The van der Waals surface area contributed by atoms with Gasteiger partial charge in [0.15, 0.2) is 0 Å². The van der Waals surface area contributed by atoms with Crippen LogP contribution in [0.15, 0.2) is 48.6 Å². The SMILES string of the molecule is CCCc1cc(Cl)ccc1[C@@H]1COc2ccc3cc2N(C1)C[C@@H]1CC[C@H]1C(CN1CCCCCCNCC1)/C=C/C[C@H](C)[C@@H](C)S(=O)(=O)NC3=O. The van der Waals surface area contributed by atoms with Crippen molar-refractivity contribution in [2.24, 2.45) is 23.7 Å². The third-order valence-corrected chi connectivity index (χ3v) is 14.2. The summed E-state index contributed by atoms with van der Waals surface area (Å²) in [6.07, 6.45) is 14.7. The number of rotatable bonds is 5. The van der Waals surface area contributed by atoms with Gasteiger partial charge in [-0.3, -0.25) is 4.79 Å². The summed E-state index contributed by atoms with van der Waals surface area (Å²) in [5.74, 6) is 1.50. The Morgan fingerprint density at radius 2 is 1.82 bits per heavy atom. The number of nitrogens with one attached hydrogen (secondary N) is 2. The van der Waals surface area contributed by atoms with Crippen LogP contribution in [0.4, 0.5) is 5.69 Å². The summed E-state index contributed by atoms with van der Waals surface area (Å²) in [7, 11) is -3.90. The monoisotopic (exact) mass is 738 g/mol. The third-order valence-electron chi connectivity index (χ3n) is 12.1. The number of carbonyl (C=O) groups is 1. The van der Waals surface area contributed by atoms with E-state index in [4.69, 9.17) is 16.3 Å². The summed E-state index contributed by atoms with van der Waals surface area (Å²) in [5, 5.41) is 3.68. The zero-order valence-electron chi connectivity index (χ0n) is 30.9. The lowest BCUT2D eigenvalue weighted by Gasteiger charge is -2.45. The van der Waals surface area contributed by atoms with Crippen LogP contribution < -0.4 is 19.7 Å². The summed E-state index contributed by atoms with van der Waals surface area (Å²) < 4.78 is 36.0. The number of carbonyl (C=O) groups excluding carboxylic acids is 1. The van der Waals surface area contributed by atoms with Gasteiger partial charge in [-0.05, 0) is 124 Å². The Balaban J connectivity index is 1.35. The van der Waals surface area contributed by atoms with Gasteiger partial charge in [-0.25, -0.2) is 13.1 Å². The number of sulfonamides is 1. The first-order valence-electron chi connectivity index (χ1n) is 19.6. The van der Waals surface area contributed by atoms with Crippen LogP contribution in [0, 0.1) is 23.7 Å². The van der Waals surface area contributed by atoms with Crippen molar-refractivity contribution >= 4 is 33.2 Å². The van der Waals surface area contributed by atoms with Crippen molar-refractivity contribution in [3.63, 3.8) is 0 Å². The molecule has 1 saturated heterocycles. The number of amides is 1. The number of fused-ring (bicyclic) bond motifs is 2. The molecule has 0 radical (unpaired) electrons. The lowest BCUT2D eigenvalue weighted by Crippen LogP contribution is -2.46. The van der Waals surface area contributed by atoms with Crippen molar-refractivity contribution < 1.29 is 17.9 Å². The van der Waals surface area contributed by atoms with Crippen molar-refractivity contribution in [1.29, 1.82) is 0 Å². The number of nitrogens with zero attached hydrogens (tertiary/aromatic N) is 2. The Morgan fingerprint density at radius 3 is 2.63 bits per heavy atom. The summed E-state index contributed by atoms with van der Waals surface area (Å²) in [6, 6.07) is 11.6. The average Bonchev–Trinajstić information content (AvgIpc) is 3.27. The second-order valence-electron chi connectivity index (χ2n) is 15.6. The zero-order valence-corrected chi connectivity index (χ0v) is 32.5. The molecule has 1 aliphatic carbocycles. The highest BCUT2D eigenvalue weighted by molar-refractivity contribution is 7.90. The third kappa shape index (κ3) is 9.51. The second-order valence-corrected chi connectivity index (χ2v) is 18.1. The van der Waals surface area contributed by atoms with E-state index in [9.17, 15) is 13.2 Å². The summed E-state index contributed by atoms with van der Waals surface area (Å²) >= 11 is 6.48. The van der Waals surface area contributed by atoms with Gasteiger partial charge in [0.05, 0.1) is 17.5 Å². The fourth-order valence-corrected chi connectivity index (χ4v) is 10.1.